The Hall–Kier alpha value is -2.99. The highest BCUT2D eigenvalue weighted by molar-refractivity contribution is 5.84. The molecule has 0 saturated carbocycles. The zero-order chi connectivity index (χ0) is 22.9. The molecular weight excluding hydrogens is 404 g/mol. The lowest BCUT2D eigenvalue weighted by atomic mass is 9.98. The fourth-order valence-corrected chi connectivity index (χ4v) is 4.24. The second-order valence-electron chi connectivity index (χ2n) is 8.06. The van der Waals surface area contributed by atoms with Crippen LogP contribution in [0.3, 0.4) is 0 Å². The van der Waals surface area contributed by atoms with Gasteiger partial charge in [0.05, 0.1) is 12.5 Å². The highest BCUT2D eigenvalue weighted by Gasteiger charge is 2.29. The Kier molecular flexibility index (Phi) is 8.56. The summed E-state index contributed by atoms with van der Waals surface area (Å²) in [5.74, 6) is -0.354. The van der Waals surface area contributed by atoms with Gasteiger partial charge in [-0.1, -0.05) is 55.5 Å². The van der Waals surface area contributed by atoms with Crippen molar-refractivity contribution in [2.75, 3.05) is 20.2 Å². The first-order valence-electron chi connectivity index (χ1n) is 11.4. The predicted octanol–water partition coefficient (Wildman–Crippen LogP) is 3.59. The van der Waals surface area contributed by atoms with E-state index in [1.165, 1.54) is 22.3 Å². The van der Waals surface area contributed by atoms with Gasteiger partial charge in [-0.25, -0.2) is 0 Å². The van der Waals surface area contributed by atoms with E-state index in [9.17, 15) is 14.4 Å². The van der Waals surface area contributed by atoms with Crippen molar-refractivity contribution in [1.29, 1.82) is 0 Å². The van der Waals surface area contributed by atoms with E-state index < -0.39 is 0 Å². The lowest BCUT2D eigenvalue weighted by Crippen LogP contribution is -2.34. The Labute approximate surface area is 189 Å². The van der Waals surface area contributed by atoms with Crippen LogP contribution in [0.1, 0.15) is 56.1 Å². The van der Waals surface area contributed by atoms with E-state index in [0.717, 1.165) is 0 Å². The smallest absolute Gasteiger partial charge is 0.306 e. The van der Waals surface area contributed by atoms with Crippen LogP contribution in [-0.2, 0) is 19.1 Å². The fourth-order valence-electron chi connectivity index (χ4n) is 4.24. The molecule has 32 heavy (non-hydrogen) atoms. The van der Waals surface area contributed by atoms with Gasteiger partial charge in [-0.05, 0) is 42.1 Å². The molecule has 2 N–H and O–H groups in total. The second kappa shape index (κ2) is 11.6. The third kappa shape index (κ3) is 5.82. The molecule has 6 nitrogen and oxygen atoms in total. The Balaban J connectivity index is 1.39. The van der Waals surface area contributed by atoms with Crippen molar-refractivity contribution < 1.29 is 19.1 Å². The Morgan fingerprint density at radius 1 is 0.969 bits per heavy atom. The van der Waals surface area contributed by atoms with Crippen molar-refractivity contribution in [2.45, 2.75) is 51.0 Å². The van der Waals surface area contributed by atoms with Crippen LogP contribution in [0.4, 0.5) is 0 Å². The van der Waals surface area contributed by atoms with Crippen molar-refractivity contribution >= 4 is 17.7 Å². The number of fused-ring (bicyclic) bond motifs is 3. The van der Waals surface area contributed by atoms with Gasteiger partial charge in [-0.3, -0.25) is 14.4 Å². The van der Waals surface area contributed by atoms with Crippen LogP contribution >= 0.6 is 0 Å². The number of nitrogens with one attached hydrogen (secondary N) is 2. The molecule has 0 saturated heterocycles. The number of esters is 1. The average Bonchev–Trinajstić information content (AvgIpc) is 3.14. The molecule has 0 heterocycles. The standard InChI is InChI=1S/C26H32N2O4/c1-3-24(29)23(27-2)13-8-16-28-25(30)14-15-26(31)32-17-22-20-11-6-4-9-18(20)19-10-5-7-12-21(19)22/h4-7,9-12,22-23,27H,3,8,13-17H2,1-2H3,(H,28,30). The highest BCUT2D eigenvalue weighted by Crippen LogP contribution is 2.44. The maximum Gasteiger partial charge on any atom is 0.306 e. The molecule has 0 aromatic heterocycles. The van der Waals surface area contributed by atoms with Crippen molar-refractivity contribution in [3.8, 4) is 11.1 Å². The van der Waals surface area contributed by atoms with Gasteiger partial charge in [0.1, 0.15) is 12.4 Å². The van der Waals surface area contributed by atoms with E-state index in [0.29, 0.717) is 25.8 Å². The number of Topliss-reactive ketones (excluding diaryl/α,β-unsaturated/α-hetero) is 1. The van der Waals surface area contributed by atoms with Crippen LogP contribution in [0.15, 0.2) is 48.5 Å². The number of carbonyl (C=O) groups is 3. The molecular formula is C26H32N2O4. The molecule has 1 aliphatic carbocycles. The summed E-state index contributed by atoms with van der Waals surface area (Å²) in [7, 11) is 1.77. The third-order valence-corrected chi connectivity index (χ3v) is 6.01. The van der Waals surface area contributed by atoms with Crippen LogP contribution in [0.25, 0.3) is 11.1 Å². The van der Waals surface area contributed by atoms with E-state index in [4.69, 9.17) is 4.74 Å². The number of amides is 1. The van der Waals surface area contributed by atoms with E-state index >= 15 is 0 Å². The summed E-state index contributed by atoms with van der Waals surface area (Å²) < 4.78 is 5.54. The number of likely N-dealkylation sites (N-methyl/N-ethyl adjacent to an activating group) is 1. The van der Waals surface area contributed by atoms with Crippen molar-refractivity contribution in [3.63, 3.8) is 0 Å². The first-order valence-corrected chi connectivity index (χ1v) is 11.4. The third-order valence-electron chi connectivity index (χ3n) is 6.01. The fraction of sp³-hybridized carbons (Fsp3) is 0.423. The number of benzene rings is 2. The molecule has 170 valence electrons. The van der Waals surface area contributed by atoms with Crippen molar-refractivity contribution in [2.24, 2.45) is 0 Å². The molecule has 1 unspecified atom stereocenters. The minimum absolute atomic E-state index is 0.0196. The summed E-state index contributed by atoms with van der Waals surface area (Å²) in [4.78, 5) is 36.0. The van der Waals surface area contributed by atoms with E-state index in [-0.39, 0.29) is 49.1 Å². The molecule has 2 aromatic carbocycles. The largest absolute Gasteiger partial charge is 0.465 e. The van der Waals surface area contributed by atoms with Crippen molar-refractivity contribution in [3.05, 3.63) is 59.7 Å². The second-order valence-corrected chi connectivity index (χ2v) is 8.06. The molecule has 0 bridgehead atoms. The van der Waals surface area contributed by atoms with Gasteiger partial charge in [0.25, 0.3) is 0 Å². The highest BCUT2D eigenvalue weighted by atomic mass is 16.5. The molecule has 3 rings (SSSR count). The van der Waals surface area contributed by atoms with Crippen LogP contribution in [0, 0.1) is 0 Å². The average molecular weight is 437 g/mol. The summed E-state index contributed by atoms with van der Waals surface area (Å²) in [6.45, 7) is 2.60. The Morgan fingerprint density at radius 3 is 2.19 bits per heavy atom. The Morgan fingerprint density at radius 2 is 1.59 bits per heavy atom. The normalized spacial score (nSPS) is 13.2. The summed E-state index contributed by atoms with van der Waals surface area (Å²) >= 11 is 0. The topological polar surface area (TPSA) is 84.5 Å². The molecule has 2 aromatic rings. The number of ether oxygens (including phenoxy) is 1. The SMILES string of the molecule is CCC(=O)C(CCCNC(=O)CCC(=O)OCC1c2ccccc2-c2ccccc21)NC. The van der Waals surface area contributed by atoms with Crippen LogP contribution < -0.4 is 10.6 Å². The summed E-state index contributed by atoms with van der Waals surface area (Å²) in [5, 5.41) is 5.82. The number of ketones is 1. The molecule has 1 aliphatic rings. The van der Waals surface area contributed by atoms with Crippen LogP contribution in [-0.4, -0.2) is 43.9 Å². The summed E-state index contributed by atoms with van der Waals surface area (Å²) in [5.41, 5.74) is 4.70. The predicted molar refractivity (Wildman–Crippen MR) is 124 cm³/mol. The molecule has 0 radical (unpaired) electrons. The van der Waals surface area contributed by atoms with Crippen LogP contribution in [0.5, 0.6) is 0 Å². The van der Waals surface area contributed by atoms with Crippen molar-refractivity contribution in [1.82, 2.24) is 10.6 Å². The number of rotatable bonds is 12. The van der Waals surface area contributed by atoms with Gasteiger partial charge < -0.3 is 15.4 Å². The maximum absolute atomic E-state index is 12.2. The van der Waals surface area contributed by atoms with Gasteiger partial charge in [-0.15, -0.1) is 0 Å². The van der Waals surface area contributed by atoms with Crippen LogP contribution in [0.2, 0.25) is 0 Å². The zero-order valence-electron chi connectivity index (χ0n) is 18.9. The van der Waals surface area contributed by atoms with Gasteiger partial charge in [-0.2, -0.15) is 0 Å². The van der Waals surface area contributed by atoms with Gasteiger partial charge in [0.2, 0.25) is 5.91 Å². The monoisotopic (exact) mass is 436 g/mol. The molecule has 0 aliphatic heterocycles. The van der Waals surface area contributed by atoms with E-state index in [2.05, 4.69) is 34.9 Å². The first-order chi connectivity index (χ1) is 15.5. The number of carbonyl (C=O) groups excluding carboxylic acids is 3. The first kappa shape index (κ1) is 23.7. The Bertz CT molecular complexity index is 911. The molecule has 6 heteroatoms. The lowest BCUT2D eigenvalue weighted by molar-refractivity contribution is -0.145. The molecule has 0 spiro atoms. The minimum Gasteiger partial charge on any atom is -0.465 e. The zero-order valence-corrected chi connectivity index (χ0v) is 18.9. The number of hydrogen-bond donors (Lipinski definition) is 2. The van der Waals surface area contributed by atoms with Gasteiger partial charge in [0.15, 0.2) is 0 Å². The molecule has 1 atom stereocenters. The maximum atomic E-state index is 12.2. The summed E-state index contributed by atoms with van der Waals surface area (Å²) in [6.07, 6.45) is 2.02. The van der Waals surface area contributed by atoms with Gasteiger partial charge in [0, 0.05) is 25.3 Å². The van der Waals surface area contributed by atoms with E-state index in [1.54, 1.807) is 7.05 Å². The minimum atomic E-state index is -0.370. The quantitative estimate of drug-likeness (QED) is 0.392. The summed E-state index contributed by atoms with van der Waals surface area (Å²) in [6, 6.07) is 16.2. The molecule has 1 amide bonds. The van der Waals surface area contributed by atoms with E-state index in [1.807, 2.05) is 31.2 Å². The lowest BCUT2D eigenvalue weighted by Gasteiger charge is -2.14. The molecule has 0 fully saturated rings. The number of hydrogen-bond acceptors (Lipinski definition) is 5. The van der Waals surface area contributed by atoms with Gasteiger partial charge >= 0.3 is 5.97 Å².